The summed E-state index contributed by atoms with van der Waals surface area (Å²) < 4.78 is 31.8. The fourth-order valence-electron chi connectivity index (χ4n) is 3.41. The van der Waals surface area contributed by atoms with Gasteiger partial charge in [-0.15, -0.1) is 0 Å². The fourth-order valence-corrected chi connectivity index (χ4v) is 4.82. The molecule has 0 radical (unpaired) electrons. The van der Waals surface area contributed by atoms with Crippen LogP contribution in [-0.4, -0.2) is 79.7 Å². The van der Waals surface area contributed by atoms with Gasteiger partial charge >= 0.3 is 0 Å². The molecule has 0 unspecified atom stereocenters. The number of nitrogens with one attached hydrogen (secondary N) is 1. The topological polar surface area (TPSA) is 126 Å². The van der Waals surface area contributed by atoms with Gasteiger partial charge in [0.25, 0.3) is 17.7 Å². The summed E-state index contributed by atoms with van der Waals surface area (Å²) in [5.41, 5.74) is 0.622. The standard InChI is InChI=1S/C20H20N4O6S/c25-18(22-8-9-24-19(26)16-2-1-7-21-17(16)20(24)27)14-3-5-15(6-4-14)31(28,29)23-10-12-30-13-11-23/h1-7H,8-13H2,(H,22,25). The molecule has 0 spiro atoms. The number of morpholine rings is 1. The number of fused-ring (bicyclic) bond motifs is 1. The molecule has 2 aromatic rings. The number of hydrogen-bond acceptors (Lipinski definition) is 7. The molecular formula is C20H20N4O6S. The number of aromatic nitrogens is 1. The third-order valence-electron chi connectivity index (χ3n) is 5.08. The van der Waals surface area contributed by atoms with Crippen molar-refractivity contribution < 1.29 is 27.5 Å². The summed E-state index contributed by atoms with van der Waals surface area (Å²) in [6.07, 6.45) is 1.44. The van der Waals surface area contributed by atoms with Crippen LogP contribution in [0, 0.1) is 0 Å². The Morgan fingerprint density at radius 2 is 1.77 bits per heavy atom. The first-order chi connectivity index (χ1) is 14.9. The van der Waals surface area contributed by atoms with Gasteiger partial charge in [0.15, 0.2) is 0 Å². The van der Waals surface area contributed by atoms with Crippen LogP contribution in [0.2, 0.25) is 0 Å². The maximum absolute atomic E-state index is 12.6. The number of nitrogens with zero attached hydrogens (tertiary/aromatic N) is 3. The van der Waals surface area contributed by atoms with E-state index in [2.05, 4.69) is 10.3 Å². The highest BCUT2D eigenvalue weighted by Crippen LogP contribution is 2.20. The Balaban J connectivity index is 1.34. The molecule has 3 amide bonds. The predicted molar refractivity (Wildman–Crippen MR) is 108 cm³/mol. The molecule has 1 N–H and O–H groups in total. The van der Waals surface area contributed by atoms with E-state index in [4.69, 9.17) is 4.74 Å². The van der Waals surface area contributed by atoms with E-state index in [-0.39, 0.29) is 47.9 Å². The fraction of sp³-hybridized carbons (Fsp3) is 0.300. The Labute approximate surface area is 178 Å². The number of rotatable bonds is 6. The van der Waals surface area contributed by atoms with Crippen molar-refractivity contribution in [2.45, 2.75) is 4.90 Å². The summed E-state index contributed by atoms with van der Waals surface area (Å²) in [6, 6.07) is 8.74. The Hall–Kier alpha value is -3.15. The second kappa shape index (κ2) is 8.53. The quantitative estimate of drug-likeness (QED) is 0.628. The first-order valence-electron chi connectivity index (χ1n) is 9.67. The van der Waals surface area contributed by atoms with Gasteiger partial charge in [-0.3, -0.25) is 24.3 Å². The monoisotopic (exact) mass is 444 g/mol. The zero-order valence-corrected chi connectivity index (χ0v) is 17.3. The molecule has 1 aromatic carbocycles. The largest absolute Gasteiger partial charge is 0.379 e. The maximum Gasteiger partial charge on any atom is 0.280 e. The Kier molecular flexibility index (Phi) is 5.81. The lowest BCUT2D eigenvalue weighted by Gasteiger charge is -2.26. The SMILES string of the molecule is O=C(NCCN1C(=O)c2cccnc2C1=O)c1ccc(S(=O)(=O)N2CCOCC2)cc1. The average Bonchev–Trinajstić information content (AvgIpc) is 3.04. The lowest BCUT2D eigenvalue weighted by atomic mass is 10.2. The number of sulfonamides is 1. The second-order valence-electron chi connectivity index (χ2n) is 6.96. The molecule has 11 heteroatoms. The van der Waals surface area contributed by atoms with Crippen molar-refractivity contribution in [2.75, 3.05) is 39.4 Å². The van der Waals surface area contributed by atoms with Gasteiger partial charge in [-0.25, -0.2) is 8.42 Å². The minimum atomic E-state index is -3.64. The molecule has 0 bridgehead atoms. The van der Waals surface area contributed by atoms with E-state index in [1.807, 2.05) is 0 Å². The molecule has 0 aliphatic carbocycles. The van der Waals surface area contributed by atoms with Crippen molar-refractivity contribution in [3.05, 3.63) is 59.4 Å². The van der Waals surface area contributed by atoms with E-state index in [1.165, 1.54) is 40.8 Å². The lowest BCUT2D eigenvalue weighted by molar-refractivity contribution is 0.0648. The number of benzene rings is 1. The zero-order valence-electron chi connectivity index (χ0n) is 16.5. The van der Waals surface area contributed by atoms with Gasteiger partial charge in [-0.05, 0) is 36.4 Å². The van der Waals surface area contributed by atoms with E-state index in [9.17, 15) is 22.8 Å². The van der Waals surface area contributed by atoms with Crippen LogP contribution in [0.5, 0.6) is 0 Å². The molecule has 1 fully saturated rings. The third-order valence-corrected chi connectivity index (χ3v) is 6.99. The summed E-state index contributed by atoms with van der Waals surface area (Å²) in [5.74, 6) is -1.38. The summed E-state index contributed by atoms with van der Waals surface area (Å²) in [6.45, 7) is 1.34. The van der Waals surface area contributed by atoms with E-state index in [0.717, 1.165) is 4.90 Å². The summed E-state index contributed by atoms with van der Waals surface area (Å²) in [7, 11) is -3.64. The van der Waals surface area contributed by atoms with Crippen molar-refractivity contribution in [2.24, 2.45) is 0 Å². The van der Waals surface area contributed by atoms with Gasteiger partial charge in [0.2, 0.25) is 10.0 Å². The van der Waals surface area contributed by atoms with E-state index in [0.29, 0.717) is 13.2 Å². The van der Waals surface area contributed by atoms with Gasteiger partial charge in [0, 0.05) is 37.9 Å². The molecule has 1 saturated heterocycles. The molecule has 2 aliphatic rings. The highest BCUT2D eigenvalue weighted by molar-refractivity contribution is 7.89. The number of imide groups is 1. The molecule has 2 aliphatic heterocycles. The molecular weight excluding hydrogens is 424 g/mol. The van der Waals surface area contributed by atoms with E-state index in [1.54, 1.807) is 6.07 Å². The minimum absolute atomic E-state index is 0.00323. The maximum atomic E-state index is 12.6. The number of amides is 3. The summed E-state index contributed by atoms with van der Waals surface area (Å²) in [4.78, 5) is 42.0. The van der Waals surface area contributed by atoms with Crippen LogP contribution in [-0.2, 0) is 14.8 Å². The molecule has 3 heterocycles. The van der Waals surface area contributed by atoms with Crippen LogP contribution in [0.4, 0.5) is 0 Å². The highest BCUT2D eigenvalue weighted by atomic mass is 32.2. The number of pyridine rings is 1. The van der Waals surface area contributed by atoms with E-state index < -0.39 is 27.7 Å². The third kappa shape index (κ3) is 4.07. The molecule has 162 valence electrons. The molecule has 10 nitrogen and oxygen atoms in total. The van der Waals surface area contributed by atoms with Gasteiger partial charge in [-0.1, -0.05) is 0 Å². The van der Waals surface area contributed by atoms with Crippen molar-refractivity contribution in [3.63, 3.8) is 0 Å². The van der Waals surface area contributed by atoms with E-state index >= 15 is 0 Å². The first-order valence-corrected chi connectivity index (χ1v) is 11.1. The van der Waals surface area contributed by atoms with Crippen molar-refractivity contribution >= 4 is 27.7 Å². The van der Waals surface area contributed by atoms with Gasteiger partial charge in [0.05, 0.1) is 23.7 Å². The normalized spacial score (nSPS) is 17.0. The van der Waals surface area contributed by atoms with Crippen LogP contribution in [0.3, 0.4) is 0 Å². The minimum Gasteiger partial charge on any atom is -0.379 e. The highest BCUT2D eigenvalue weighted by Gasteiger charge is 2.36. The van der Waals surface area contributed by atoms with Crippen molar-refractivity contribution in [1.82, 2.24) is 19.5 Å². The Morgan fingerprint density at radius 3 is 2.45 bits per heavy atom. The lowest BCUT2D eigenvalue weighted by Crippen LogP contribution is -2.40. The predicted octanol–water partition coefficient (Wildman–Crippen LogP) is 0.129. The number of carbonyl (C=O) groups is 3. The number of ether oxygens (including phenoxy) is 1. The molecule has 0 saturated carbocycles. The Morgan fingerprint density at radius 1 is 1.06 bits per heavy atom. The molecule has 4 rings (SSSR count). The van der Waals surface area contributed by atoms with Gasteiger partial charge in [-0.2, -0.15) is 4.31 Å². The first kappa shape index (κ1) is 21.1. The van der Waals surface area contributed by atoms with Crippen LogP contribution < -0.4 is 5.32 Å². The van der Waals surface area contributed by atoms with Crippen molar-refractivity contribution in [1.29, 1.82) is 0 Å². The van der Waals surface area contributed by atoms with Crippen LogP contribution in [0.1, 0.15) is 31.2 Å². The molecule has 0 atom stereocenters. The molecule has 31 heavy (non-hydrogen) atoms. The average molecular weight is 444 g/mol. The van der Waals surface area contributed by atoms with Crippen LogP contribution in [0.15, 0.2) is 47.5 Å². The van der Waals surface area contributed by atoms with Gasteiger partial charge in [0.1, 0.15) is 5.69 Å². The zero-order chi connectivity index (χ0) is 22.0. The van der Waals surface area contributed by atoms with Crippen molar-refractivity contribution in [3.8, 4) is 0 Å². The van der Waals surface area contributed by atoms with Crippen LogP contribution >= 0.6 is 0 Å². The van der Waals surface area contributed by atoms with Gasteiger partial charge < -0.3 is 10.1 Å². The van der Waals surface area contributed by atoms with Crippen LogP contribution in [0.25, 0.3) is 0 Å². The smallest absolute Gasteiger partial charge is 0.280 e. The number of carbonyl (C=O) groups excluding carboxylic acids is 3. The molecule has 1 aromatic heterocycles. The number of hydrogen-bond donors (Lipinski definition) is 1. The Bertz CT molecular complexity index is 1090. The second-order valence-corrected chi connectivity index (χ2v) is 8.90. The summed E-state index contributed by atoms with van der Waals surface area (Å²) >= 11 is 0. The summed E-state index contributed by atoms with van der Waals surface area (Å²) in [5, 5.41) is 2.63.